The van der Waals surface area contributed by atoms with Crippen LogP contribution in [0.25, 0.3) is 0 Å². The van der Waals surface area contributed by atoms with Crippen molar-refractivity contribution in [3.05, 3.63) is 0 Å². The molecule has 0 heterocycles. The molecule has 0 aliphatic heterocycles. The number of unbranched alkanes of at least 4 members (excludes halogenated alkanes) is 12. The monoisotopic (exact) mass is 448 g/mol. The summed E-state index contributed by atoms with van der Waals surface area (Å²) in [6.07, 6.45) is 18.2. The fraction of sp³-hybridized carbons (Fsp3) is 1.00. The van der Waals surface area contributed by atoms with E-state index in [0.29, 0.717) is 19.8 Å². The standard InChI is InChI=1S/3C7H16O.H2O.2O.V/c3*1-2-3-4-5-6-7-8;;;;/h3*8H,2-7H2,1H3;1H2;;;/q;;;;;;+1/p-1. The molecule has 0 unspecified atom stereocenters. The summed E-state index contributed by atoms with van der Waals surface area (Å²) in [7, 11) is 0. The van der Waals surface area contributed by atoms with Crippen LogP contribution in [0.4, 0.5) is 0 Å². The van der Waals surface area contributed by atoms with Crippen LogP contribution in [0.2, 0.25) is 0 Å². The molecule has 6 nitrogen and oxygen atoms in total. The van der Waals surface area contributed by atoms with Gasteiger partial charge in [0.2, 0.25) is 0 Å². The molecule has 0 atom stereocenters. The molecule has 0 radical (unpaired) electrons. The quantitative estimate of drug-likeness (QED) is 0.261. The molecule has 0 aromatic carbocycles. The van der Waals surface area contributed by atoms with Gasteiger partial charge in [0, 0.05) is 19.8 Å². The van der Waals surface area contributed by atoms with Crippen molar-refractivity contribution in [2.75, 3.05) is 19.8 Å². The summed E-state index contributed by atoms with van der Waals surface area (Å²) < 4.78 is 24.4. The van der Waals surface area contributed by atoms with Crippen LogP contribution in [-0.4, -0.2) is 39.2 Å². The van der Waals surface area contributed by atoms with E-state index < -0.39 is 15.4 Å². The minimum absolute atomic E-state index is 0.365. The Hall–Kier alpha value is 0.0244. The average Bonchev–Trinajstić information content (AvgIpc) is 2.67. The van der Waals surface area contributed by atoms with Gasteiger partial charge in [-0.1, -0.05) is 97.8 Å². The van der Waals surface area contributed by atoms with Gasteiger partial charge in [-0.2, -0.15) is 0 Å². The van der Waals surface area contributed by atoms with Crippen molar-refractivity contribution in [1.29, 1.82) is 0 Å². The number of aliphatic hydroxyl groups excluding tert-OH is 3. The van der Waals surface area contributed by atoms with E-state index in [2.05, 4.69) is 20.8 Å². The number of rotatable bonds is 15. The number of hydrogen-bond donors (Lipinski definition) is 4. The Labute approximate surface area is 179 Å². The molecule has 0 saturated carbocycles. The van der Waals surface area contributed by atoms with Gasteiger partial charge in [-0.3, -0.25) is 0 Å². The van der Waals surface area contributed by atoms with Crippen LogP contribution in [0.5, 0.6) is 0 Å². The molecule has 0 fully saturated rings. The second-order valence-electron chi connectivity index (χ2n) is 6.65. The Morgan fingerprint density at radius 2 is 0.643 bits per heavy atom. The third-order valence-corrected chi connectivity index (χ3v) is 3.79. The molecule has 7 heteroatoms. The van der Waals surface area contributed by atoms with Gasteiger partial charge in [0.1, 0.15) is 0 Å². The zero-order valence-corrected chi connectivity index (χ0v) is 20.2. The maximum absolute atomic E-state index is 8.67. The SMILES string of the molecule is CCCCCCCO.CCCCCCCO.CCCCCCCO.[O]=[V](=[O])[OH]. The minimum atomic E-state index is -3.69. The van der Waals surface area contributed by atoms with E-state index in [4.69, 9.17) is 26.7 Å². The van der Waals surface area contributed by atoms with Gasteiger partial charge < -0.3 is 15.3 Å². The maximum atomic E-state index is 8.67. The Morgan fingerprint density at radius 3 is 0.786 bits per heavy atom. The molecule has 0 spiro atoms. The first kappa shape index (κ1) is 35.5. The molecule has 0 amide bonds. The molecule has 28 heavy (non-hydrogen) atoms. The van der Waals surface area contributed by atoms with E-state index in [0.717, 1.165) is 19.3 Å². The van der Waals surface area contributed by atoms with Crippen LogP contribution in [0.3, 0.4) is 0 Å². The van der Waals surface area contributed by atoms with Gasteiger partial charge in [0.25, 0.3) is 0 Å². The molecular weight excluding hydrogens is 399 g/mol. The Kier molecular flexibility index (Phi) is 52.4. The van der Waals surface area contributed by atoms with Gasteiger partial charge in [0.15, 0.2) is 0 Å². The van der Waals surface area contributed by atoms with Crippen molar-refractivity contribution in [2.24, 2.45) is 0 Å². The second-order valence-corrected chi connectivity index (χ2v) is 7.39. The third kappa shape index (κ3) is 72.2. The van der Waals surface area contributed by atoms with Crippen molar-refractivity contribution in [2.45, 2.75) is 117 Å². The van der Waals surface area contributed by atoms with Crippen LogP contribution >= 0.6 is 0 Å². The Morgan fingerprint density at radius 1 is 0.464 bits per heavy atom. The summed E-state index contributed by atoms with van der Waals surface area (Å²) >= 11 is -3.69. The summed E-state index contributed by atoms with van der Waals surface area (Å²) in [4.78, 5) is 0. The predicted octanol–water partition coefficient (Wildman–Crippen LogP) is 5.05. The molecule has 4 N–H and O–H groups in total. The van der Waals surface area contributed by atoms with E-state index in [1.807, 2.05) is 0 Å². The van der Waals surface area contributed by atoms with Crippen LogP contribution in [-0.2, 0) is 22.7 Å². The zero-order valence-electron chi connectivity index (χ0n) is 18.8. The van der Waals surface area contributed by atoms with Gasteiger partial charge in [0.05, 0.1) is 0 Å². The van der Waals surface area contributed by atoms with Crippen molar-refractivity contribution in [3.8, 4) is 0 Å². The molecule has 0 aliphatic rings. The normalized spacial score (nSPS) is 9.25. The van der Waals surface area contributed by atoms with Crippen LogP contribution in [0.1, 0.15) is 117 Å². The van der Waals surface area contributed by atoms with Gasteiger partial charge >= 0.3 is 26.8 Å². The van der Waals surface area contributed by atoms with Crippen molar-refractivity contribution >= 4 is 0 Å². The van der Waals surface area contributed by atoms with Crippen LogP contribution < -0.4 is 0 Å². The third-order valence-electron chi connectivity index (χ3n) is 3.79. The molecule has 0 rings (SSSR count). The molecule has 0 aromatic rings. The van der Waals surface area contributed by atoms with E-state index in [9.17, 15) is 0 Å². The van der Waals surface area contributed by atoms with Crippen molar-refractivity contribution in [3.63, 3.8) is 0 Å². The summed E-state index contributed by atoms with van der Waals surface area (Å²) in [5.74, 6) is 0. The first-order valence-electron chi connectivity index (χ1n) is 11.1. The first-order valence-corrected chi connectivity index (χ1v) is 12.9. The first-order chi connectivity index (χ1) is 13.5. The summed E-state index contributed by atoms with van der Waals surface area (Å²) in [6.45, 7) is 7.67. The van der Waals surface area contributed by atoms with E-state index in [-0.39, 0.29) is 0 Å². The van der Waals surface area contributed by atoms with Crippen molar-refractivity contribution in [1.82, 2.24) is 0 Å². The molecule has 0 saturated heterocycles. The van der Waals surface area contributed by atoms with E-state index in [1.54, 1.807) is 0 Å². The summed E-state index contributed by atoms with van der Waals surface area (Å²) in [6, 6.07) is 0. The summed E-state index contributed by atoms with van der Waals surface area (Å²) in [5.41, 5.74) is 0. The average molecular weight is 449 g/mol. The number of hydrogen-bond acceptors (Lipinski definition) is 5. The van der Waals surface area contributed by atoms with Crippen LogP contribution in [0.15, 0.2) is 0 Å². The van der Waals surface area contributed by atoms with Crippen molar-refractivity contribution < 1.29 is 42.1 Å². The summed E-state index contributed by atoms with van der Waals surface area (Å²) in [5, 5.41) is 25.1. The van der Waals surface area contributed by atoms with Gasteiger partial charge in [-0.15, -0.1) is 0 Å². The topological polar surface area (TPSA) is 115 Å². The van der Waals surface area contributed by atoms with Crippen LogP contribution in [0, 0.1) is 0 Å². The Balaban J connectivity index is -0.000000141. The predicted molar refractivity (Wildman–Crippen MR) is 111 cm³/mol. The van der Waals surface area contributed by atoms with Gasteiger partial charge in [-0.25, -0.2) is 0 Å². The van der Waals surface area contributed by atoms with Gasteiger partial charge in [-0.05, 0) is 19.3 Å². The molecule has 174 valence electrons. The Bertz CT molecular complexity index is 232. The van der Waals surface area contributed by atoms with E-state index in [1.165, 1.54) is 77.0 Å². The fourth-order valence-electron chi connectivity index (χ4n) is 2.15. The molecule has 0 bridgehead atoms. The zero-order chi connectivity index (χ0) is 22.3. The number of aliphatic hydroxyl groups is 3. The fourth-order valence-corrected chi connectivity index (χ4v) is 2.15. The van der Waals surface area contributed by atoms with E-state index >= 15 is 0 Å². The molecule has 0 aromatic heterocycles. The molecular formula is C21H49O6V. The second kappa shape index (κ2) is 41.4. The molecule has 0 aliphatic carbocycles.